The number of hydrogen-bond donors (Lipinski definition) is 0. The van der Waals surface area contributed by atoms with Gasteiger partial charge in [-0.05, 0) is 37.1 Å². The first-order chi connectivity index (χ1) is 19.8. The number of benzene rings is 2. The van der Waals surface area contributed by atoms with Crippen molar-refractivity contribution in [2.45, 2.75) is 92.2 Å². The number of pyridine rings is 2. The number of unbranched alkanes of at least 4 members (excludes halogenated alkanes) is 6. The maximum absolute atomic E-state index is 4.95. The Morgan fingerprint density at radius 1 is 0.500 bits per heavy atom. The van der Waals surface area contributed by atoms with E-state index in [2.05, 4.69) is 96.0 Å². The van der Waals surface area contributed by atoms with E-state index in [1.54, 1.807) is 0 Å². The van der Waals surface area contributed by atoms with Crippen LogP contribution in [0.15, 0.2) is 73.1 Å². The van der Waals surface area contributed by atoms with Crippen LogP contribution in [0.25, 0.3) is 55.0 Å². The average molecular weight is 533 g/mol. The van der Waals surface area contributed by atoms with Crippen LogP contribution in [0, 0.1) is 0 Å². The summed E-state index contributed by atoms with van der Waals surface area (Å²) in [4.78, 5) is 9.90. The van der Waals surface area contributed by atoms with E-state index in [0.29, 0.717) is 0 Å². The van der Waals surface area contributed by atoms with Gasteiger partial charge in [-0.15, -0.1) is 0 Å². The van der Waals surface area contributed by atoms with Crippen LogP contribution >= 0.6 is 0 Å². The monoisotopic (exact) mass is 532 g/mol. The molecule has 0 bridgehead atoms. The van der Waals surface area contributed by atoms with Crippen molar-refractivity contribution in [3.63, 3.8) is 0 Å². The third kappa shape index (κ3) is 5.37. The van der Waals surface area contributed by atoms with Crippen LogP contribution in [0.3, 0.4) is 0 Å². The van der Waals surface area contributed by atoms with Crippen LogP contribution in [0.1, 0.15) is 79.1 Å². The third-order valence-corrected chi connectivity index (χ3v) is 8.05. The summed E-state index contributed by atoms with van der Waals surface area (Å²) in [6.45, 7) is 10.6. The molecule has 0 saturated carbocycles. The van der Waals surface area contributed by atoms with Crippen molar-refractivity contribution in [3.8, 4) is 11.4 Å². The molecule has 208 valence electrons. The van der Waals surface area contributed by atoms with Gasteiger partial charge in [0.2, 0.25) is 0 Å². The molecule has 0 aliphatic carbocycles. The first-order valence-corrected chi connectivity index (χ1v) is 15.5. The van der Waals surface area contributed by atoms with Gasteiger partial charge in [0.05, 0.1) is 34.8 Å². The van der Waals surface area contributed by atoms with Crippen molar-refractivity contribution < 1.29 is 0 Å². The third-order valence-electron chi connectivity index (χ3n) is 8.05. The summed E-state index contributed by atoms with van der Waals surface area (Å²) in [7, 11) is 0. The van der Waals surface area contributed by atoms with Gasteiger partial charge in [0.25, 0.3) is 0 Å². The molecule has 0 atom stereocenters. The van der Waals surface area contributed by atoms with Crippen LogP contribution in [-0.2, 0) is 13.1 Å². The van der Waals surface area contributed by atoms with E-state index >= 15 is 0 Å². The summed E-state index contributed by atoms with van der Waals surface area (Å²) in [5.74, 6) is 0. The van der Waals surface area contributed by atoms with E-state index in [0.717, 1.165) is 24.5 Å². The molecule has 0 unspecified atom stereocenters. The molecule has 4 aromatic heterocycles. The summed E-state index contributed by atoms with van der Waals surface area (Å²) in [5.41, 5.74) is 6.91. The van der Waals surface area contributed by atoms with Crippen LogP contribution in [0.4, 0.5) is 0 Å². The van der Waals surface area contributed by atoms with Crippen molar-refractivity contribution in [1.82, 2.24) is 19.1 Å². The van der Waals surface area contributed by atoms with Gasteiger partial charge in [-0.25, -0.2) is 0 Å². The Labute approximate surface area is 239 Å². The van der Waals surface area contributed by atoms with E-state index in [1.807, 2.05) is 13.8 Å². The smallest absolute Gasteiger partial charge is 0.0894 e. The second-order valence-corrected chi connectivity index (χ2v) is 10.6. The number of rotatable bonds is 11. The Morgan fingerprint density at radius 2 is 0.925 bits per heavy atom. The Balaban J connectivity index is 0.00000158. The van der Waals surface area contributed by atoms with Crippen molar-refractivity contribution in [2.24, 2.45) is 0 Å². The minimum absolute atomic E-state index is 0.938. The van der Waals surface area contributed by atoms with Gasteiger partial charge in [-0.2, -0.15) is 0 Å². The average Bonchev–Trinajstić information content (AvgIpc) is 3.50. The zero-order valence-electron chi connectivity index (χ0n) is 24.8. The first-order valence-electron chi connectivity index (χ1n) is 15.5. The lowest BCUT2D eigenvalue weighted by Crippen LogP contribution is -1.99. The van der Waals surface area contributed by atoms with Gasteiger partial charge in [0, 0.05) is 45.7 Å². The topological polar surface area (TPSA) is 35.6 Å². The van der Waals surface area contributed by atoms with E-state index in [4.69, 9.17) is 9.97 Å². The van der Waals surface area contributed by atoms with E-state index in [9.17, 15) is 0 Å². The highest BCUT2D eigenvalue weighted by molar-refractivity contribution is 6.10. The number of nitrogens with zero attached hydrogens (tertiary/aromatic N) is 4. The molecule has 6 rings (SSSR count). The van der Waals surface area contributed by atoms with Gasteiger partial charge in [-0.1, -0.05) is 103 Å². The molecule has 6 aromatic rings. The predicted molar refractivity (Wildman–Crippen MR) is 173 cm³/mol. The minimum atomic E-state index is 0.938. The zero-order chi connectivity index (χ0) is 27.9. The number of aromatic nitrogens is 4. The second kappa shape index (κ2) is 13.1. The summed E-state index contributed by atoms with van der Waals surface area (Å²) in [6, 6.07) is 22.0. The normalized spacial score (nSPS) is 11.5. The van der Waals surface area contributed by atoms with Crippen LogP contribution in [0.5, 0.6) is 0 Å². The number of hydrogen-bond acceptors (Lipinski definition) is 2. The largest absolute Gasteiger partial charge is 0.339 e. The molecule has 0 saturated heterocycles. The van der Waals surface area contributed by atoms with Gasteiger partial charge in [0.15, 0.2) is 0 Å². The Kier molecular flexibility index (Phi) is 9.15. The molecular formula is C36H44N4. The molecule has 0 amide bonds. The molecule has 4 heteroatoms. The lowest BCUT2D eigenvalue weighted by atomic mass is 10.1. The molecule has 2 aromatic carbocycles. The highest BCUT2D eigenvalue weighted by Gasteiger charge is 2.15. The Hall–Kier alpha value is -3.66. The summed E-state index contributed by atoms with van der Waals surface area (Å²) in [6.07, 6.45) is 14.2. The minimum Gasteiger partial charge on any atom is -0.339 e. The van der Waals surface area contributed by atoms with Crippen LogP contribution in [0.2, 0.25) is 0 Å². The fourth-order valence-corrected chi connectivity index (χ4v) is 6.05. The number of fused-ring (bicyclic) bond motifs is 6. The number of para-hydroxylation sites is 2. The molecule has 4 heterocycles. The van der Waals surface area contributed by atoms with Gasteiger partial charge in [0.1, 0.15) is 0 Å². The molecule has 0 aliphatic rings. The predicted octanol–water partition coefficient (Wildman–Crippen LogP) is 10.5. The van der Waals surface area contributed by atoms with E-state index in [-0.39, 0.29) is 0 Å². The molecule has 0 fully saturated rings. The summed E-state index contributed by atoms with van der Waals surface area (Å²) < 4.78 is 4.92. The van der Waals surface area contributed by atoms with Gasteiger partial charge >= 0.3 is 0 Å². The first kappa shape index (κ1) is 27.9. The fraction of sp³-hybridized carbons (Fsp3) is 0.389. The molecule has 4 nitrogen and oxygen atoms in total. The molecule has 40 heavy (non-hydrogen) atoms. The Morgan fingerprint density at radius 3 is 1.35 bits per heavy atom. The van der Waals surface area contributed by atoms with Crippen molar-refractivity contribution in [2.75, 3.05) is 0 Å². The molecular weight excluding hydrogens is 488 g/mol. The number of aryl methyl sites for hydroxylation is 2. The lowest BCUT2D eigenvalue weighted by molar-refractivity contribution is 0.602. The van der Waals surface area contributed by atoms with Crippen molar-refractivity contribution >= 4 is 43.6 Å². The molecule has 0 spiro atoms. The fourth-order valence-electron chi connectivity index (χ4n) is 6.05. The van der Waals surface area contributed by atoms with Gasteiger partial charge in [-0.3, -0.25) is 9.97 Å². The molecule has 0 N–H and O–H groups in total. The maximum atomic E-state index is 4.95. The summed E-state index contributed by atoms with van der Waals surface area (Å²) >= 11 is 0. The Bertz CT molecular complexity index is 1580. The van der Waals surface area contributed by atoms with Crippen LogP contribution in [-0.4, -0.2) is 19.1 Å². The molecule has 0 aliphatic heterocycles. The van der Waals surface area contributed by atoms with Crippen molar-refractivity contribution in [3.05, 3.63) is 73.1 Å². The van der Waals surface area contributed by atoms with Crippen molar-refractivity contribution in [1.29, 1.82) is 0 Å². The van der Waals surface area contributed by atoms with E-state index < -0.39 is 0 Å². The van der Waals surface area contributed by atoms with Gasteiger partial charge < -0.3 is 9.13 Å². The quantitative estimate of drug-likeness (QED) is 0.156. The molecule has 0 radical (unpaired) electrons. The second-order valence-electron chi connectivity index (χ2n) is 10.6. The highest BCUT2D eigenvalue weighted by Crippen LogP contribution is 2.34. The SMILES string of the molecule is CC.CCCCCCn1c2ccccc2c2cc(-c3cc4c5ccccc5n(CCCCCC)c4cn3)ncc21. The summed E-state index contributed by atoms with van der Waals surface area (Å²) in [5, 5.41) is 5.13. The van der Waals surface area contributed by atoms with E-state index in [1.165, 1.54) is 95.0 Å². The lowest BCUT2D eigenvalue weighted by Gasteiger charge is -2.08. The van der Waals surface area contributed by atoms with Crippen LogP contribution < -0.4 is 0 Å². The highest BCUT2D eigenvalue weighted by atomic mass is 15.0. The zero-order valence-corrected chi connectivity index (χ0v) is 24.8. The standard InChI is InChI=1S/C34H38N4.C2H6/c1-3-5-7-13-19-37-31-17-11-9-15-25(31)27-21-29(35-23-33(27)37)30-22-28-26-16-10-12-18-32(26)38(34(28)24-36-30)20-14-8-6-4-2;1-2/h9-12,15-18,21-24H,3-8,13-14,19-20H2,1-2H3;1-2H3. The maximum Gasteiger partial charge on any atom is 0.0894 e.